The Kier molecular flexibility index (Phi) is 14.5. The summed E-state index contributed by atoms with van der Waals surface area (Å²) < 4.78 is 7.91. The highest BCUT2D eigenvalue weighted by Gasteiger charge is 2.32. The maximum Gasteiger partial charge on any atom is 0.132 e. The van der Waals surface area contributed by atoms with Gasteiger partial charge in [-0.2, -0.15) is 0 Å². The molecule has 0 saturated heterocycles. The molecule has 0 saturated carbocycles. The molecule has 8 bridgehead atoms. The lowest BCUT2D eigenvalue weighted by Gasteiger charge is -2.23. The molecule has 16 heteroatoms. The van der Waals surface area contributed by atoms with Crippen molar-refractivity contribution in [2.45, 2.75) is 0 Å². The molecule has 0 amide bonds. The minimum atomic E-state index is 0.666. The van der Waals surface area contributed by atoms with Gasteiger partial charge in [0.25, 0.3) is 0 Å². The number of hydrogen-bond acceptors (Lipinski definition) is 4. The van der Waals surface area contributed by atoms with Crippen LogP contribution in [-0.2, 0) is 0 Å². The summed E-state index contributed by atoms with van der Waals surface area (Å²) in [6, 6.07) is 34.7. The van der Waals surface area contributed by atoms with Gasteiger partial charge in [-0.05, 0) is 222 Å². The van der Waals surface area contributed by atoms with E-state index in [-0.39, 0.29) is 0 Å². The third-order valence-corrected chi connectivity index (χ3v) is 21.0. The molecule has 0 fully saturated rings. The Balaban J connectivity index is 1.57. The first-order chi connectivity index (χ1) is 33.0. The molecule has 2 aliphatic heterocycles. The fraction of sp³-hybridized carbons (Fsp3) is 0.185. The van der Waals surface area contributed by atoms with Crippen LogP contribution >= 0.6 is 127 Å². The molecule has 0 aliphatic carbocycles. The van der Waals surface area contributed by atoms with Crippen LogP contribution in [0.4, 0.5) is 22.7 Å². The van der Waals surface area contributed by atoms with Crippen molar-refractivity contribution in [3.05, 3.63) is 138 Å². The molecule has 0 atom stereocenters. The standard InChI is InChI=1S/C54H48Br8N8/c1-67(2)31-19-11-27(12-20-31)35-47-39(55)40(56)48(63-47)36(28-13-21-32(22-14-28)68(3)4)50-42(58)44(60)52(65-50)38(30-17-25-34(26-18-30)70(8,9)10)54-46(62)45(61)53(66-54)37(51-43(59)41(57)49(35)64-51)29-15-23-33(24-16-29)69(5,6)7/h11-26,63-64H,1-10H3/q+2. The molecule has 4 aromatic carbocycles. The summed E-state index contributed by atoms with van der Waals surface area (Å²) in [7, 11) is 21.3. The van der Waals surface area contributed by atoms with Crippen LogP contribution in [0.3, 0.4) is 0 Å². The van der Waals surface area contributed by atoms with Crippen LogP contribution in [0.25, 0.3) is 84.5 Å². The molecule has 0 unspecified atom stereocenters. The first kappa shape index (κ1) is 51.7. The molecular weight excluding hydrogens is 1400 g/mol. The smallest absolute Gasteiger partial charge is 0.132 e. The second-order valence-electron chi connectivity index (χ2n) is 19.4. The molecule has 3 aromatic heterocycles. The van der Waals surface area contributed by atoms with Crippen LogP contribution < -0.4 is 18.8 Å². The molecule has 7 aromatic rings. The number of quaternary nitrogens is 2. The van der Waals surface area contributed by atoms with E-state index in [2.05, 4.69) is 315 Å². The Hall–Kier alpha value is -3.16. The van der Waals surface area contributed by atoms with Gasteiger partial charge < -0.3 is 19.8 Å². The number of aromatic amines is 2. The lowest BCUT2D eigenvalue weighted by molar-refractivity contribution is 0.486. The average Bonchev–Trinajstić information content (AvgIpc) is 3.98. The Morgan fingerprint density at radius 2 is 0.586 bits per heavy atom. The second-order valence-corrected chi connectivity index (χ2v) is 25.7. The van der Waals surface area contributed by atoms with Crippen molar-refractivity contribution in [3.63, 3.8) is 0 Å². The number of fused-ring (bicyclic) bond motifs is 8. The summed E-state index contributed by atoms with van der Waals surface area (Å²) in [6.07, 6.45) is 0. The van der Waals surface area contributed by atoms with E-state index in [0.717, 1.165) is 142 Å². The predicted molar refractivity (Wildman–Crippen MR) is 331 cm³/mol. The second kappa shape index (κ2) is 19.6. The number of aromatic nitrogens is 4. The third kappa shape index (κ3) is 9.27. The van der Waals surface area contributed by atoms with Crippen molar-refractivity contribution in [3.8, 4) is 44.5 Å². The molecule has 358 valence electrons. The highest BCUT2D eigenvalue weighted by Crippen LogP contribution is 2.53. The van der Waals surface area contributed by atoms with Gasteiger partial charge in [0.2, 0.25) is 0 Å². The zero-order valence-corrected chi connectivity index (χ0v) is 52.6. The number of nitrogens with zero attached hydrogens (tertiary/aromatic N) is 6. The van der Waals surface area contributed by atoms with Crippen molar-refractivity contribution in [2.24, 2.45) is 0 Å². The number of anilines is 2. The minimum Gasteiger partial charge on any atom is -0.378 e. The van der Waals surface area contributed by atoms with Crippen molar-refractivity contribution in [1.82, 2.24) is 28.9 Å². The fourth-order valence-corrected chi connectivity index (χ4v) is 12.6. The van der Waals surface area contributed by atoms with Crippen LogP contribution in [0.1, 0.15) is 22.8 Å². The summed E-state index contributed by atoms with van der Waals surface area (Å²) in [5, 5.41) is 0. The predicted octanol–water partition coefficient (Wildman–Crippen LogP) is 17.8. The van der Waals surface area contributed by atoms with Gasteiger partial charge in [0.1, 0.15) is 11.4 Å². The van der Waals surface area contributed by atoms with Gasteiger partial charge in [-0.15, -0.1) is 0 Å². The van der Waals surface area contributed by atoms with E-state index in [1.807, 2.05) is 0 Å². The van der Waals surface area contributed by atoms with Crippen LogP contribution in [0, 0.1) is 0 Å². The summed E-state index contributed by atoms with van der Waals surface area (Å²) >= 11 is 33.0. The summed E-state index contributed by atoms with van der Waals surface area (Å²) in [5.41, 5.74) is 18.3. The lowest BCUT2D eigenvalue weighted by Crippen LogP contribution is -2.34. The highest BCUT2D eigenvalue weighted by molar-refractivity contribution is 9.18. The quantitative estimate of drug-likeness (QED) is 0.149. The summed E-state index contributed by atoms with van der Waals surface area (Å²) in [6.45, 7) is 0. The first-order valence-electron chi connectivity index (χ1n) is 22.1. The maximum absolute atomic E-state index is 5.70. The number of halogens is 8. The SMILES string of the molecule is CN(C)c1ccc(-c2c3nc(c(-c4ccc([N+](C)(C)C)cc4)c4nc(c(-c5ccc([N+](C)(C)C)cc5)c5[nH]c(c(Br)c5Br)c(-c5ccc(N(C)C)cc5)c5[nH]c2c(Br)c5Br)C(Br)=C4Br)C(Br)=C3Br)cc1. The highest BCUT2D eigenvalue weighted by atomic mass is 79.9. The molecule has 8 nitrogen and oxygen atoms in total. The molecule has 5 heterocycles. The largest absolute Gasteiger partial charge is 0.378 e. The Labute approximate surface area is 476 Å². The van der Waals surface area contributed by atoms with Gasteiger partial charge in [0.15, 0.2) is 0 Å². The zero-order valence-electron chi connectivity index (χ0n) is 39.9. The summed E-state index contributed by atoms with van der Waals surface area (Å²) in [5.74, 6) is 0. The Morgan fingerprint density at radius 1 is 0.343 bits per heavy atom. The molecular formula is C54H48Br8N8+2. The van der Waals surface area contributed by atoms with Gasteiger partial charge in [0.05, 0.1) is 123 Å². The van der Waals surface area contributed by atoms with Gasteiger partial charge in [0, 0.05) is 61.8 Å². The van der Waals surface area contributed by atoms with Crippen LogP contribution in [0.15, 0.2) is 115 Å². The number of hydrogen-bond donors (Lipinski definition) is 2. The zero-order chi connectivity index (χ0) is 50.5. The topological polar surface area (TPSA) is 63.8 Å². The maximum atomic E-state index is 5.70. The van der Waals surface area contributed by atoms with Crippen molar-refractivity contribution < 1.29 is 0 Å². The molecule has 9 rings (SSSR count). The van der Waals surface area contributed by atoms with E-state index in [1.165, 1.54) is 5.69 Å². The van der Waals surface area contributed by atoms with E-state index < -0.39 is 0 Å². The van der Waals surface area contributed by atoms with E-state index in [4.69, 9.17) is 9.97 Å². The van der Waals surface area contributed by atoms with Gasteiger partial charge in [-0.1, -0.05) is 24.3 Å². The van der Waals surface area contributed by atoms with Gasteiger partial charge >= 0.3 is 0 Å². The molecule has 2 aliphatic rings. The Morgan fingerprint density at radius 3 is 0.871 bits per heavy atom. The Bertz CT molecular complexity index is 3500. The lowest BCUT2D eigenvalue weighted by atomic mass is 10.0. The van der Waals surface area contributed by atoms with Crippen LogP contribution in [0.2, 0.25) is 0 Å². The van der Waals surface area contributed by atoms with Gasteiger partial charge in [-0.25, -0.2) is 9.97 Å². The third-order valence-electron chi connectivity index (χ3n) is 12.6. The minimum absolute atomic E-state index is 0.666. The monoisotopic (exact) mass is 1440 g/mol. The first-order valence-corrected chi connectivity index (χ1v) is 28.4. The van der Waals surface area contributed by atoms with E-state index in [0.29, 0.717) is 8.97 Å². The van der Waals surface area contributed by atoms with E-state index in [1.54, 1.807) is 0 Å². The van der Waals surface area contributed by atoms with E-state index in [9.17, 15) is 0 Å². The molecule has 0 radical (unpaired) electrons. The number of nitrogens with one attached hydrogen (secondary N) is 2. The van der Waals surface area contributed by atoms with Crippen LogP contribution in [-0.4, -0.2) is 90.4 Å². The molecule has 0 spiro atoms. The van der Waals surface area contributed by atoms with Crippen molar-refractivity contribution >= 4 is 190 Å². The van der Waals surface area contributed by atoms with Gasteiger partial charge in [-0.3, -0.25) is 8.97 Å². The number of benzene rings is 4. The van der Waals surface area contributed by atoms with Crippen molar-refractivity contribution in [1.29, 1.82) is 0 Å². The molecule has 70 heavy (non-hydrogen) atoms. The number of H-pyrrole nitrogens is 2. The normalized spacial score (nSPS) is 13.2. The molecule has 2 N–H and O–H groups in total. The van der Waals surface area contributed by atoms with E-state index >= 15 is 0 Å². The number of rotatable bonds is 8. The summed E-state index contributed by atoms with van der Waals surface area (Å²) in [4.78, 5) is 23.6. The van der Waals surface area contributed by atoms with Crippen LogP contribution in [0.5, 0.6) is 0 Å². The van der Waals surface area contributed by atoms with Crippen molar-refractivity contribution in [2.75, 3.05) is 80.3 Å². The average molecular weight is 1450 g/mol. The fourth-order valence-electron chi connectivity index (χ4n) is 8.70.